The summed E-state index contributed by atoms with van der Waals surface area (Å²) in [6.45, 7) is 4.14. The van der Waals surface area contributed by atoms with Crippen LogP contribution in [0.15, 0.2) is 34.8 Å². The van der Waals surface area contributed by atoms with Crippen molar-refractivity contribution in [2.75, 3.05) is 6.61 Å². The molecule has 0 aliphatic carbocycles. The molecule has 1 unspecified atom stereocenters. The van der Waals surface area contributed by atoms with Crippen LogP contribution in [0.4, 0.5) is 0 Å². The molecular formula is C13H19N3O3S2. The lowest BCUT2D eigenvalue weighted by Gasteiger charge is -2.20. The number of hydrogen-bond donors (Lipinski definition) is 2. The molecule has 0 aliphatic heterocycles. The minimum atomic E-state index is -3.64. The molecule has 116 valence electrons. The third-order valence-corrected chi connectivity index (χ3v) is 5.40. The molecular weight excluding hydrogens is 310 g/mol. The molecule has 0 saturated heterocycles. The SMILES string of the molecule is CC(C)C(NS(=O)(=O)c1cnn(CCO)c1)c1cccs1. The largest absolute Gasteiger partial charge is 0.394 e. The van der Waals surface area contributed by atoms with Gasteiger partial charge in [-0.3, -0.25) is 4.68 Å². The van der Waals surface area contributed by atoms with Crippen molar-refractivity contribution in [3.05, 3.63) is 34.8 Å². The molecule has 6 nitrogen and oxygen atoms in total. The summed E-state index contributed by atoms with van der Waals surface area (Å²) in [7, 11) is -3.64. The summed E-state index contributed by atoms with van der Waals surface area (Å²) in [5.74, 6) is 0.130. The number of sulfonamides is 1. The van der Waals surface area contributed by atoms with Gasteiger partial charge in [0.25, 0.3) is 0 Å². The lowest BCUT2D eigenvalue weighted by Crippen LogP contribution is -2.31. The summed E-state index contributed by atoms with van der Waals surface area (Å²) in [6, 6.07) is 3.56. The highest BCUT2D eigenvalue weighted by Crippen LogP contribution is 2.27. The Kier molecular flexibility index (Phi) is 5.15. The lowest BCUT2D eigenvalue weighted by atomic mass is 10.0. The Balaban J connectivity index is 2.22. The standard InChI is InChI=1S/C13H19N3O3S2/c1-10(2)13(12-4-3-7-20-12)15-21(18,19)11-8-14-16(9-11)5-6-17/h3-4,7-10,13,15,17H,5-6H2,1-2H3. The quantitative estimate of drug-likeness (QED) is 0.808. The first-order valence-electron chi connectivity index (χ1n) is 6.63. The zero-order chi connectivity index (χ0) is 15.5. The van der Waals surface area contributed by atoms with Gasteiger partial charge in [-0.05, 0) is 17.4 Å². The number of thiophene rings is 1. The fraction of sp³-hybridized carbons (Fsp3) is 0.462. The van der Waals surface area contributed by atoms with E-state index in [9.17, 15) is 8.42 Å². The van der Waals surface area contributed by atoms with Crippen LogP contribution < -0.4 is 4.72 Å². The Bertz CT molecular complexity index is 663. The van der Waals surface area contributed by atoms with E-state index < -0.39 is 10.0 Å². The van der Waals surface area contributed by atoms with Crippen molar-refractivity contribution in [3.63, 3.8) is 0 Å². The number of hydrogen-bond acceptors (Lipinski definition) is 5. The molecule has 2 aromatic heterocycles. The second-order valence-electron chi connectivity index (χ2n) is 5.02. The summed E-state index contributed by atoms with van der Waals surface area (Å²) < 4.78 is 29.0. The molecule has 2 N–H and O–H groups in total. The fourth-order valence-electron chi connectivity index (χ4n) is 1.93. The lowest BCUT2D eigenvalue weighted by molar-refractivity contribution is 0.269. The van der Waals surface area contributed by atoms with Crippen LogP contribution in [0.25, 0.3) is 0 Å². The van der Waals surface area contributed by atoms with E-state index >= 15 is 0 Å². The smallest absolute Gasteiger partial charge is 0.244 e. The van der Waals surface area contributed by atoms with Crippen LogP contribution in [0, 0.1) is 5.92 Å². The average Bonchev–Trinajstić information content (AvgIpc) is 3.07. The van der Waals surface area contributed by atoms with Gasteiger partial charge >= 0.3 is 0 Å². The molecule has 8 heteroatoms. The molecule has 0 amide bonds. The highest BCUT2D eigenvalue weighted by atomic mass is 32.2. The van der Waals surface area contributed by atoms with E-state index in [-0.39, 0.29) is 30.0 Å². The van der Waals surface area contributed by atoms with Crippen molar-refractivity contribution in [2.45, 2.75) is 31.3 Å². The van der Waals surface area contributed by atoms with E-state index in [4.69, 9.17) is 5.11 Å². The van der Waals surface area contributed by atoms with E-state index in [0.29, 0.717) is 0 Å². The number of nitrogens with zero attached hydrogens (tertiary/aromatic N) is 2. The van der Waals surface area contributed by atoms with Crippen molar-refractivity contribution < 1.29 is 13.5 Å². The topological polar surface area (TPSA) is 84.2 Å². The van der Waals surface area contributed by atoms with Crippen molar-refractivity contribution >= 4 is 21.4 Å². The Morgan fingerprint density at radius 3 is 2.81 bits per heavy atom. The predicted molar refractivity (Wildman–Crippen MR) is 81.5 cm³/mol. The van der Waals surface area contributed by atoms with Gasteiger partial charge in [0, 0.05) is 11.1 Å². The third kappa shape index (κ3) is 3.91. The van der Waals surface area contributed by atoms with E-state index in [1.165, 1.54) is 28.4 Å². The van der Waals surface area contributed by atoms with E-state index in [1.54, 1.807) is 0 Å². The van der Waals surface area contributed by atoms with E-state index in [1.807, 2.05) is 31.4 Å². The molecule has 1 atom stereocenters. The molecule has 0 aromatic carbocycles. The normalized spacial score (nSPS) is 13.7. The van der Waals surface area contributed by atoms with E-state index in [0.717, 1.165) is 4.88 Å². The summed E-state index contributed by atoms with van der Waals surface area (Å²) in [4.78, 5) is 1.09. The monoisotopic (exact) mass is 329 g/mol. The van der Waals surface area contributed by atoms with Crippen molar-refractivity contribution in [1.82, 2.24) is 14.5 Å². The summed E-state index contributed by atoms with van der Waals surface area (Å²) in [6.07, 6.45) is 2.72. The Morgan fingerprint density at radius 2 is 2.24 bits per heavy atom. The molecule has 2 aromatic rings. The second-order valence-corrected chi connectivity index (χ2v) is 7.71. The van der Waals surface area contributed by atoms with Crippen LogP contribution in [0.1, 0.15) is 24.8 Å². The molecule has 2 rings (SSSR count). The Morgan fingerprint density at radius 1 is 1.48 bits per heavy atom. The molecule has 2 heterocycles. The van der Waals surface area contributed by atoms with Crippen LogP contribution >= 0.6 is 11.3 Å². The number of nitrogens with one attached hydrogen (secondary N) is 1. The number of aliphatic hydroxyl groups is 1. The zero-order valence-corrected chi connectivity index (χ0v) is 13.6. The summed E-state index contributed by atoms with van der Waals surface area (Å²) >= 11 is 1.53. The van der Waals surface area contributed by atoms with Crippen LogP contribution in [0.5, 0.6) is 0 Å². The molecule has 0 spiro atoms. The number of aliphatic hydroxyl groups excluding tert-OH is 1. The third-order valence-electron chi connectivity index (χ3n) is 3.05. The van der Waals surface area contributed by atoms with Crippen molar-refractivity contribution in [3.8, 4) is 0 Å². The van der Waals surface area contributed by atoms with Crippen LogP contribution in [0.3, 0.4) is 0 Å². The number of rotatable bonds is 7. The predicted octanol–water partition coefficient (Wildman–Crippen LogP) is 1.61. The zero-order valence-electron chi connectivity index (χ0n) is 11.9. The van der Waals surface area contributed by atoms with Crippen molar-refractivity contribution in [1.29, 1.82) is 0 Å². The fourth-order valence-corrected chi connectivity index (χ4v) is 4.27. The van der Waals surface area contributed by atoms with Gasteiger partial charge in [-0.15, -0.1) is 11.3 Å². The van der Waals surface area contributed by atoms with Crippen molar-refractivity contribution in [2.24, 2.45) is 5.92 Å². The van der Waals surface area contributed by atoms with Gasteiger partial charge < -0.3 is 5.11 Å². The van der Waals surface area contributed by atoms with Gasteiger partial charge in [0.2, 0.25) is 10.0 Å². The summed E-state index contributed by atoms with van der Waals surface area (Å²) in [5, 5.41) is 14.7. The Labute approximate surface area is 128 Å². The highest BCUT2D eigenvalue weighted by Gasteiger charge is 2.25. The molecule has 0 radical (unpaired) electrons. The maximum atomic E-state index is 12.4. The molecule has 0 saturated carbocycles. The first kappa shape index (κ1) is 16.2. The minimum Gasteiger partial charge on any atom is -0.394 e. The van der Waals surface area contributed by atoms with Crippen LogP contribution in [0.2, 0.25) is 0 Å². The average molecular weight is 329 g/mol. The maximum absolute atomic E-state index is 12.4. The van der Waals surface area contributed by atoms with Gasteiger partial charge in [-0.2, -0.15) is 5.10 Å². The van der Waals surface area contributed by atoms with E-state index in [2.05, 4.69) is 9.82 Å². The first-order valence-corrected chi connectivity index (χ1v) is 8.99. The first-order chi connectivity index (χ1) is 9.94. The molecule has 0 bridgehead atoms. The second kappa shape index (κ2) is 6.69. The minimum absolute atomic E-state index is 0.0849. The van der Waals surface area contributed by atoms with Gasteiger partial charge in [-0.1, -0.05) is 19.9 Å². The number of aromatic nitrogens is 2. The Hall–Kier alpha value is -1.22. The van der Waals surface area contributed by atoms with Crippen LogP contribution in [-0.4, -0.2) is 29.9 Å². The molecule has 21 heavy (non-hydrogen) atoms. The van der Waals surface area contributed by atoms with Gasteiger partial charge in [0.15, 0.2) is 0 Å². The molecule has 0 aliphatic rings. The van der Waals surface area contributed by atoms with Crippen LogP contribution in [-0.2, 0) is 16.6 Å². The maximum Gasteiger partial charge on any atom is 0.244 e. The molecule has 0 fully saturated rings. The highest BCUT2D eigenvalue weighted by molar-refractivity contribution is 7.89. The van der Waals surface area contributed by atoms with Gasteiger partial charge in [-0.25, -0.2) is 13.1 Å². The van der Waals surface area contributed by atoms with Gasteiger partial charge in [0.05, 0.1) is 25.4 Å². The summed E-state index contributed by atoms with van der Waals surface area (Å²) in [5.41, 5.74) is 0. The van der Waals surface area contributed by atoms with Gasteiger partial charge in [0.1, 0.15) is 4.90 Å².